The second-order valence-electron chi connectivity index (χ2n) is 7.44. The molecule has 22 heavy (non-hydrogen) atoms. The monoisotopic (exact) mass is 297 g/mol. The molecule has 1 N–H and O–H groups in total. The van der Waals surface area contributed by atoms with Crippen LogP contribution >= 0.6 is 0 Å². The molecule has 2 saturated heterocycles. The molecule has 2 aromatic rings. The average molecular weight is 297 g/mol. The Bertz CT molecular complexity index is 734. The Morgan fingerprint density at radius 1 is 1.32 bits per heavy atom. The van der Waals surface area contributed by atoms with Crippen molar-refractivity contribution in [1.82, 2.24) is 4.90 Å². The zero-order chi connectivity index (χ0) is 14.8. The molecule has 1 aromatic carbocycles. The van der Waals surface area contributed by atoms with Crippen LogP contribution in [-0.4, -0.2) is 28.6 Å². The van der Waals surface area contributed by atoms with Gasteiger partial charge in [0.25, 0.3) is 0 Å². The van der Waals surface area contributed by atoms with Gasteiger partial charge in [-0.3, -0.25) is 4.90 Å². The van der Waals surface area contributed by atoms with Crippen LogP contribution in [0.3, 0.4) is 0 Å². The zero-order valence-corrected chi connectivity index (χ0v) is 13.1. The van der Waals surface area contributed by atoms with Crippen molar-refractivity contribution in [2.24, 2.45) is 5.92 Å². The summed E-state index contributed by atoms with van der Waals surface area (Å²) in [6.45, 7) is 3.60. The molecule has 4 aliphatic rings. The minimum atomic E-state index is 0.346. The van der Waals surface area contributed by atoms with E-state index in [-0.39, 0.29) is 0 Å². The first-order chi connectivity index (χ1) is 10.7. The molecular weight excluding hydrogens is 274 g/mol. The first kappa shape index (κ1) is 13.0. The van der Waals surface area contributed by atoms with Crippen molar-refractivity contribution in [2.75, 3.05) is 6.54 Å². The quantitative estimate of drug-likeness (QED) is 0.863. The van der Waals surface area contributed by atoms with E-state index in [1.54, 1.807) is 6.07 Å². The fraction of sp³-hybridized carbons (Fsp3) is 0.579. The van der Waals surface area contributed by atoms with Crippen LogP contribution in [0.2, 0.25) is 0 Å². The van der Waals surface area contributed by atoms with Gasteiger partial charge in [0.15, 0.2) is 0 Å². The molecular formula is C19H23NO2. The molecule has 0 radical (unpaired) electrons. The van der Waals surface area contributed by atoms with Gasteiger partial charge in [-0.05, 0) is 56.2 Å². The predicted molar refractivity (Wildman–Crippen MR) is 86.2 cm³/mol. The summed E-state index contributed by atoms with van der Waals surface area (Å²) in [6.07, 6.45) is 6.28. The number of benzene rings is 1. The third-order valence-electron chi connectivity index (χ3n) is 6.34. The molecule has 1 saturated carbocycles. The molecule has 3 heteroatoms. The summed E-state index contributed by atoms with van der Waals surface area (Å²) in [5.41, 5.74) is 2.32. The Labute approximate surface area is 130 Å². The van der Waals surface area contributed by atoms with Crippen LogP contribution in [0, 0.1) is 5.92 Å². The number of rotatable bonds is 1. The highest BCUT2D eigenvalue weighted by molar-refractivity contribution is 5.84. The van der Waals surface area contributed by atoms with Crippen LogP contribution in [-0.2, 0) is 6.42 Å². The van der Waals surface area contributed by atoms with E-state index in [2.05, 4.69) is 11.8 Å². The van der Waals surface area contributed by atoms with Crippen LogP contribution < -0.4 is 0 Å². The minimum absolute atomic E-state index is 0.346. The molecule has 4 bridgehead atoms. The number of hydrogen-bond donors (Lipinski definition) is 1. The molecule has 3 fully saturated rings. The number of aromatic hydroxyl groups is 1. The zero-order valence-electron chi connectivity index (χ0n) is 13.1. The molecule has 2 unspecified atom stereocenters. The van der Waals surface area contributed by atoms with E-state index in [0.29, 0.717) is 23.8 Å². The van der Waals surface area contributed by atoms with Crippen LogP contribution in [0.15, 0.2) is 22.6 Å². The van der Waals surface area contributed by atoms with Gasteiger partial charge in [0.2, 0.25) is 0 Å². The van der Waals surface area contributed by atoms with Gasteiger partial charge < -0.3 is 9.52 Å². The molecule has 6 rings (SSSR count). The SMILES string of the molecule is CC[C@@H]1Cc2c(oc3ccc(O)cc23)[C@@H]2C[C@@H]3CCC2N1C3. The number of hydrogen-bond acceptors (Lipinski definition) is 3. The van der Waals surface area contributed by atoms with Crippen molar-refractivity contribution in [3.05, 3.63) is 29.5 Å². The molecule has 3 nitrogen and oxygen atoms in total. The Kier molecular flexibility index (Phi) is 2.67. The average Bonchev–Trinajstić information content (AvgIpc) is 2.86. The summed E-state index contributed by atoms with van der Waals surface area (Å²) >= 11 is 0. The number of phenols is 1. The minimum Gasteiger partial charge on any atom is -0.508 e. The maximum atomic E-state index is 9.88. The number of furan rings is 1. The third-order valence-corrected chi connectivity index (χ3v) is 6.34. The van der Waals surface area contributed by atoms with Gasteiger partial charge >= 0.3 is 0 Å². The largest absolute Gasteiger partial charge is 0.508 e. The Morgan fingerprint density at radius 2 is 2.23 bits per heavy atom. The summed E-state index contributed by atoms with van der Waals surface area (Å²) < 4.78 is 6.32. The highest BCUT2D eigenvalue weighted by atomic mass is 16.3. The molecule has 1 aliphatic carbocycles. The summed E-state index contributed by atoms with van der Waals surface area (Å²) in [7, 11) is 0. The van der Waals surface area contributed by atoms with Crippen LogP contribution in [0.4, 0.5) is 0 Å². The van der Waals surface area contributed by atoms with E-state index in [1.165, 1.54) is 43.6 Å². The fourth-order valence-corrected chi connectivity index (χ4v) is 5.34. The van der Waals surface area contributed by atoms with Gasteiger partial charge in [0.05, 0.1) is 0 Å². The van der Waals surface area contributed by atoms with Crippen molar-refractivity contribution in [3.8, 4) is 5.75 Å². The highest BCUT2D eigenvalue weighted by Crippen LogP contribution is 2.50. The van der Waals surface area contributed by atoms with E-state index >= 15 is 0 Å². The van der Waals surface area contributed by atoms with Crippen LogP contribution in [0.25, 0.3) is 11.0 Å². The van der Waals surface area contributed by atoms with Gasteiger partial charge in [-0.2, -0.15) is 0 Å². The topological polar surface area (TPSA) is 36.6 Å². The first-order valence-corrected chi connectivity index (χ1v) is 8.74. The molecule has 116 valence electrons. The van der Waals surface area contributed by atoms with Crippen LogP contribution in [0.5, 0.6) is 5.75 Å². The van der Waals surface area contributed by atoms with E-state index < -0.39 is 0 Å². The molecule has 5 atom stereocenters. The van der Waals surface area contributed by atoms with E-state index in [4.69, 9.17) is 4.42 Å². The lowest BCUT2D eigenvalue weighted by atomic mass is 9.71. The molecule has 3 aliphatic heterocycles. The molecule has 4 heterocycles. The molecule has 1 aromatic heterocycles. The van der Waals surface area contributed by atoms with Gasteiger partial charge in [0, 0.05) is 35.5 Å². The normalized spacial score (nSPS) is 36.3. The standard InChI is InChI=1S/C19H23NO2/c1-2-12-8-15-14-9-13(21)4-6-18(14)22-19(15)16-7-11-3-5-17(16)20(12)10-11/h4,6,9,11-12,16-17,21H,2-3,5,7-8,10H2,1H3/t11-,12+,16+,17?/m0/s1. The predicted octanol–water partition coefficient (Wildman–Crippen LogP) is 4.04. The lowest BCUT2D eigenvalue weighted by Crippen LogP contribution is -2.55. The lowest BCUT2D eigenvalue weighted by molar-refractivity contribution is -0.00184. The van der Waals surface area contributed by atoms with E-state index in [0.717, 1.165) is 23.3 Å². The maximum absolute atomic E-state index is 9.88. The van der Waals surface area contributed by atoms with Crippen molar-refractivity contribution in [2.45, 2.75) is 57.0 Å². The van der Waals surface area contributed by atoms with Crippen molar-refractivity contribution >= 4 is 11.0 Å². The lowest BCUT2D eigenvalue weighted by Gasteiger charge is -2.51. The third kappa shape index (κ3) is 1.66. The molecule has 0 spiro atoms. The Morgan fingerprint density at radius 3 is 3.05 bits per heavy atom. The summed E-state index contributed by atoms with van der Waals surface area (Å²) in [5, 5.41) is 11.0. The van der Waals surface area contributed by atoms with E-state index in [1.807, 2.05) is 12.1 Å². The Balaban J connectivity index is 1.73. The van der Waals surface area contributed by atoms with Crippen molar-refractivity contribution in [1.29, 1.82) is 0 Å². The first-order valence-electron chi connectivity index (χ1n) is 8.74. The fourth-order valence-electron chi connectivity index (χ4n) is 5.34. The number of fused-ring (bicyclic) bond motifs is 4. The number of phenolic OH excluding ortho intramolecular Hbond substituents is 1. The highest BCUT2D eigenvalue weighted by Gasteiger charge is 2.47. The van der Waals surface area contributed by atoms with Gasteiger partial charge in [-0.1, -0.05) is 6.92 Å². The molecule has 0 amide bonds. The summed E-state index contributed by atoms with van der Waals surface area (Å²) in [6, 6.07) is 6.86. The summed E-state index contributed by atoms with van der Waals surface area (Å²) in [5.74, 6) is 2.99. The second kappa shape index (κ2) is 4.51. The number of piperidine rings is 2. The van der Waals surface area contributed by atoms with Crippen molar-refractivity contribution < 1.29 is 9.52 Å². The Hall–Kier alpha value is -1.48. The number of nitrogens with zero attached hydrogens (tertiary/aromatic N) is 1. The van der Waals surface area contributed by atoms with Gasteiger partial charge in [-0.15, -0.1) is 0 Å². The van der Waals surface area contributed by atoms with E-state index in [9.17, 15) is 5.11 Å². The second-order valence-corrected chi connectivity index (χ2v) is 7.44. The summed E-state index contributed by atoms with van der Waals surface area (Å²) in [4.78, 5) is 2.78. The smallest absolute Gasteiger partial charge is 0.134 e. The van der Waals surface area contributed by atoms with Crippen molar-refractivity contribution in [3.63, 3.8) is 0 Å². The van der Waals surface area contributed by atoms with Gasteiger partial charge in [-0.25, -0.2) is 0 Å². The maximum Gasteiger partial charge on any atom is 0.134 e. The van der Waals surface area contributed by atoms with Crippen LogP contribution in [0.1, 0.15) is 49.8 Å². The van der Waals surface area contributed by atoms with Gasteiger partial charge in [0.1, 0.15) is 17.1 Å².